The number of pyridine rings is 2. The van der Waals surface area contributed by atoms with Gasteiger partial charge in [-0.2, -0.15) is 0 Å². The van der Waals surface area contributed by atoms with Crippen molar-refractivity contribution in [2.45, 2.75) is 24.9 Å². The van der Waals surface area contributed by atoms with Gasteiger partial charge in [-0.25, -0.2) is 9.18 Å². The Bertz CT molecular complexity index is 908. The molecule has 1 saturated heterocycles. The monoisotopic (exact) mass is 362 g/mol. The standard InChI is InChI=1S/C17H19FN4O4/c18-12-7-19-13-1-2-14(23)22-11(9-26-16(12)15(13)22)8-21-5-3-10(4-6-21)20-17(24)25/h1-2,7,10-11,20H,3-6,8-9H2,(H,24,25)/t11-/m0/s1. The van der Waals surface area contributed by atoms with Crippen molar-refractivity contribution in [1.82, 2.24) is 19.8 Å². The van der Waals surface area contributed by atoms with Crippen LogP contribution >= 0.6 is 0 Å². The summed E-state index contributed by atoms with van der Waals surface area (Å²) in [6.07, 6.45) is 1.53. The van der Waals surface area contributed by atoms with Crippen LogP contribution in [0.1, 0.15) is 18.9 Å². The first-order valence-corrected chi connectivity index (χ1v) is 8.57. The van der Waals surface area contributed by atoms with E-state index in [0.29, 0.717) is 30.4 Å². The van der Waals surface area contributed by atoms with Crippen molar-refractivity contribution in [2.75, 3.05) is 26.2 Å². The lowest BCUT2D eigenvalue weighted by Crippen LogP contribution is -2.47. The van der Waals surface area contributed by atoms with E-state index in [0.717, 1.165) is 19.3 Å². The van der Waals surface area contributed by atoms with Crippen LogP contribution in [0.2, 0.25) is 0 Å². The summed E-state index contributed by atoms with van der Waals surface area (Å²) in [5.74, 6) is -0.496. The number of nitrogens with one attached hydrogen (secondary N) is 1. The maximum atomic E-state index is 14.0. The predicted molar refractivity (Wildman–Crippen MR) is 91.1 cm³/mol. The molecule has 1 amide bonds. The van der Waals surface area contributed by atoms with Gasteiger partial charge >= 0.3 is 6.09 Å². The zero-order chi connectivity index (χ0) is 18.3. The Morgan fingerprint density at radius 3 is 2.88 bits per heavy atom. The quantitative estimate of drug-likeness (QED) is 0.852. The molecule has 0 unspecified atom stereocenters. The SMILES string of the molecule is O=C(O)NC1CCN(C[C@H]2COc3c(F)cnc4ccc(=O)n2c34)CC1. The summed E-state index contributed by atoms with van der Waals surface area (Å²) in [5, 5.41) is 11.3. The number of carboxylic acid groups (broad SMARTS) is 1. The van der Waals surface area contributed by atoms with Crippen LogP contribution in [0.25, 0.3) is 11.0 Å². The van der Waals surface area contributed by atoms with Gasteiger partial charge in [0.15, 0.2) is 11.6 Å². The molecule has 2 aliphatic heterocycles. The van der Waals surface area contributed by atoms with Gasteiger partial charge in [0.2, 0.25) is 0 Å². The summed E-state index contributed by atoms with van der Waals surface area (Å²) < 4.78 is 21.2. The highest BCUT2D eigenvalue weighted by atomic mass is 19.1. The molecule has 9 heteroatoms. The number of hydrogen-bond donors (Lipinski definition) is 2. The molecule has 2 aromatic rings. The van der Waals surface area contributed by atoms with Crippen molar-refractivity contribution in [2.24, 2.45) is 0 Å². The average Bonchev–Trinajstić information content (AvgIpc) is 2.62. The summed E-state index contributed by atoms with van der Waals surface area (Å²) in [6.45, 7) is 2.23. The zero-order valence-electron chi connectivity index (χ0n) is 14.0. The smallest absolute Gasteiger partial charge is 0.404 e. The normalized spacial score (nSPS) is 20.7. The minimum Gasteiger partial charge on any atom is -0.486 e. The van der Waals surface area contributed by atoms with Crippen molar-refractivity contribution in [3.63, 3.8) is 0 Å². The van der Waals surface area contributed by atoms with Crippen LogP contribution in [0.5, 0.6) is 5.75 Å². The lowest BCUT2D eigenvalue weighted by molar-refractivity contribution is 0.133. The fraction of sp³-hybridized carbons (Fsp3) is 0.471. The Kier molecular flexibility index (Phi) is 4.23. The number of hydrogen-bond acceptors (Lipinski definition) is 5. The minimum atomic E-state index is -1.01. The van der Waals surface area contributed by atoms with Crippen LogP contribution in [0, 0.1) is 5.82 Å². The van der Waals surface area contributed by atoms with Gasteiger partial charge in [0, 0.05) is 31.7 Å². The number of nitrogens with zero attached hydrogens (tertiary/aromatic N) is 3. The number of halogens is 1. The Morgan fingerprint density at radius 1 is 1.38 bits per heavy atom. The third-order valence-electron chi connectivity index (χ3n) is 5.02. The number of ether oxygens (including phenoxy) is 1. The zero-order valence-corrected chi connectivity index (χ0v) is 14.0. The van der Waals surface area contributed by atoms with E-state index >= 15 is 0 Å². The molecule has 2 N–H and O–H groups in total. The summed E-state index contributed by atoms with van der Waals surface area (Å²) in [7, 11) is 0. The van der Waals surface area contributed by atoms with E-state index in [1.807, 2.05) is 0 Å². The summed E-state index contributed by atoms with van der Waals surface area (Å²) in [4.78, 5) is 29.4. The first kappa shape index (κ1) is 16.8. The highest BCUT2D eigenvalue weighted by Crippen LogP contribution is 2.32. The van der Waals surface area contributed by atoms with Crippen LogP contribution in [0.3, 0.4) is 0 Å². The van der Waals surface area contributed by atoms with Gasteiger partial charge in [-0.05, 0) is 18.9 Å². The lowest BCUT2D eigenvalue weighted by atomic mass is 10.0. The Morgan fingerprint density at radius 2 is 2.15 bits per heavy atom. The van der Waals surface area contributed by atoms with Gasteiger partial charge in [-0.1, -0.05) is 0 Å². The largest absolute Gasteiger partial charge is 0.486 e. The Hall–Kier alpha value is -2.68. The van der Waals surface area contributed by atoms with E-state index in [4.69, 9.17) is 9.84 Å². The summed E-state index contributed by atoms with van der Waals surface area (Å²) in [5.41, 5.74) is 0.716. The molecule has 2 aromatic heterocycles. The fourth-order valence-electron chi connectivity index (χ4n) is 3.79. The summed E-state index contributed by atoms with van der Waals surface area (Å²) in [6, 6.07) is 2.73. The second-order valence-electron chi connectivity index (χ2n) is 6.70. The van der Waals surface area contributed by atoms with Gasteiger partial charge in [0.05, 0.1) is 17.8 Å². The maximum absolute atomic E-state index is 14.0. The highest BCUT2D eigenvalue weighted by molar-refractivity contribution is 5.82. The molecule has 0 radical (unpaired) electrons. The van der Waals surface area contributed by atoms with Crippen LogP contribution in [0.15, 0.2) is 23.1 Å². The molecule has 8 nitrogen and oxygen atoms in total. The van der Waals surface area contributed by atoms with Gasteiger partial charge in [-0.15, -0.1) is 0 Å². The third-order valence-corrected chi connectivity index (χ3v) is 5.02. The van der Waals surface area contributed by atoms with Crippen molar-refractivity contribution in [3.8, 4) is 5.75 Å². The first-order valence-electron chi connectivity index (χ1n) is 8.57. The Labute approximate surface area is 148 Å². The van der Waals surface area contributed by atoms with E-state index in [1.165, 1.54) is 6.07 Å². The molecule has 0 spiro atoms. The van der Waals surface area contributed by atoms with Crippen molar-refractivity contribution < 1.29 is 19.0 Å². The summed E-state index contributed by atoms with van der Waals surface area (Å²) >= 11 is 0. The highest BCUT2D eigenvalue weighted by Gasteiger charge is 2.29. The van der Waals surface area contributed by atoms with Crippen molar-refractivity contribution >= 4 is 17.1 Å². The van der Waals surface area contributed by atoms with Crippen molar-refractivity contribution in [1.29, 1.82) is 0 Å². The molecule has 26 heavy (non-hydrogen) atoms. The third kappa shape index (κ3) is 2.98. The van der Waals surface area contributed by atoms with E-state index in [-0.39, 0.29) is 30.0 Å². The van der Waals surface area contributed by atoms with Crippen LogP contribution < -0.4 is 15.6 Å². The van der Waals surface area contributed by atoms with E-state index in [9.17, 15) is 14.0 Å². The second-order valence-corrected chi connectivity index (χ2v) is 6.70. The first-order chi connectivity index (χ1) is 12.5. The molecule has 0 saturated carbocycles. The number of piperidine rings is 1. The second kappa shape index (κ2) is 6.56. The molecule has 1 fully saturated rings. The minimum absolute atomic E-state index is 0.0449. The van der Waals surface area contributed by atoms with E-state index in [1.54, 1.807) is 10.6 Å². The van der Waals surface area contributed by atoms with Gasteiger partial charge in [-0.3, -0.25) is 14.3 Å². The Balaban J connectivity index is 1.56. The molecular weight excluding hydrogens is 343 g/mol. The number of carbonyl (C=O) groups is 1. The van der Waals surface area contributed by atoms with E-state index in [2.05, 4.69) is 15.2 Å². The van der Waals surface area contributed by atoms with Crippen molar-refractivity contribution in [3.05, 3.63) is 34.5 Å². The molecule has 4 rings (SSSR count). The molecule has 1 atom stereocenters. The van der Waals surface area contributed by atoms with Gasteiger partial charge in [0.1, 0.15) is 12.1 Å². The number of likely N-dealkylation sites (tertiary alicyclic amines) is 1. The molecule has 0 aromatic carbocycles. The topological polar surface area (TPSA) is 96.7 Å². The number of amides is 1. The van der Waals surface area contributed by atoms with Crippen LogP contribution in [-0.2, 0) is 0 Å². The predicted octanol–water partition coefficient (Wildman–Crippen LogP) is 1.20. The molecule has 0 bridgehead atoms. The van der Waals surface area contributed by atoms with Crippen LogP contribution in [-0.4, -0.2) is 57.9 Å². The maximum Gasteiger partial charge on any atom is 0.404 e. The number of aromatic nitrogens is 2. The van der Waals surface area contributed by atoms with Gasteiger partial charge < -0.3 is 20.1 Å². The molecular formula is C17H19FN4O4. The number of rotatable bonds is 3. The molecule has 4 heterocycles. The lowest BCUT2D eigenvalue weighted by Gasteiger charge is -2.36. The van der Waals surface area contributed by atoms with Gasteiger partial charge in [0.25, 0.3) is 5.56 Å². The van der Waals surface area contributed by atoms with Crippen LogP contribution in [0.4, 0.5) is 9.18 Å². The fourth-order valence-corrected chi connectivity index (χ4v) is 3.79. The average molecular weight is 362 g/mol. The molecule has 0 aliphatic carbocycles. The molecule has 138 valence electrons. The molecule has 2 aliphatic rings. The van der Waals surface area contributed by atoms with E-state index < -0.39 is 11.9 Å².